The van der Waals surface area contributed by atoms with E-state index in [1.807, 2.05) is 0 Å². The second-order valence-electron chi connectivity index (χ2n) is 2.14. The highest BCUT2D eigenvalue weighted by molar-refractivity contribution is 5.75. The van der Waals surface area contributed by atoms with Crippen molar-refractivity contribution in [2.24, 2.45) is 0 Å². The average Bonchev–Trinajstić information content (AvgIpc) is 1.87. The number of rotatable bonds is 6. The van der Waals surface area contributed by atoms with Gasteiger partial charge in [-0.15, -0.1) is 0 Å². The van der Waals surface area contributed by atoms with Crippen LogP contribution in [-0.2, 0) is 9.53 Å². The second-order valence-corrected chi connectivity index (χ2v) is 2.14. The van der Waals surface area contributed by atoms with Gasteiger partial charge in [0, 0.05) is 19.6 Å². The fourth-order valence-electron chi connectivity index (χ4n) is 0.485. The van der Waals surface area contributed by atoms with Gasteiger partial charge in [-0.25, -0.2) is 0 Å². The Morgan fingerprint density at radius 3 is 2.70 bits per heavy atom. The third-order valence-electron chi connectivity index (χ3n) is 1.05. The van der Waals surface area contributed by atoms with Crippen molar-refractivity contribution in [1.82, 2.24) is 0 Å². The summed E-state index contributed by atoms with van der Waals surface area (Å²) >= 11 is 0. The SMILES string of the molecule is CC(=O)CCOCCCO. The van der Waals surface area contributed by atoms with Crippen molar-refractivity contribution in [3.8, 4) is 0 Å². The molecule has 0 heterocycles. The second kappa shape index (κ2) is 6.71. The van der Waals surface area contributed by atoms with Crippen molar-refractivity contribution in [2.45, 2.75) is 19.8 Å². The number of Topliss-reactive ketones (excluding diaryl/α,β-unsaturated/α-hetero) is 1. The molecule has 0 aromatic heterocycles. The first-order valence-electron chi connectivity index (χ1n) is 3.45. The summed E-state index contributed by atoms with van der Waals surface area (Å²) in [7, 11) is 0. The maximum atomic E-state index is 10.3. The Labute approximate surface area is 61.0 Å². The lowest BCUT2D eigenvalue weighted by Crippen LogP contribution is -2.02. The molecule has 0 atom stereocenters. The van der Waals surface area contributed by atoms with Gasteiger partial charge in [0.25, 0.3) is 0 Å². The number of aliphatic hydroxyl groups excluding tert-OH is 1. The molecule has 0 unspecified atom stereocenters. The molecule has 0 spiro atoms. The summed E-state index contributed by atoms with van der Waals surface area (Å²) in [4.78, 5) is 10.3. The quantitative estimate of drug-likeness (QED) is 0.550. The van der Waals surface area contributed by atoms with E-state index in [1.165, 1.54) is 6.92 Å². The molecule has 0 aliphatic carbocycles. The minimum Gasteiger partial charge on any atom is -0.396 e. The van der Waals surface area contributed by atoms with Crippen molar-refractivity contribution < 1.29 is 14.6 Å². The first-order chi connectivity index (χ1) is 4.77. The Kier molecular flexibility index (Phi) is 6.43. The molecule has 3 heteroatoms. The van der Waals surface area contributed by atoms with E-state index in [9.17, 15) is 4.79 Å². The molecular weight excluding hydrogens is 132 g/mol. The molecule has 0 aromatic carbocycles. The van der Waals surface area contributed by atoms with Crippen LogP contribution >= 0.6 is 0 Å². The van der Waals surface area contributed by atoms with E-state index in [-0.39, 0.29) is 12.4 Å². The third kappa shape index (κ3) is 7.59. The molecule has 0 fully saturated rings. The molecule has 0 saturated heterocycles. The number of carbonyl (C=O) groups excluding carboxylic acids is 1. The first kappa shape index (κ1) is 9.59. The van der Waals surface area contributed by atoms with Crippen molar-refractivity contribution in [2.75, 3.05) is 19.8 Å². The lowest BCUT2D eigenvalue weighted by Gasteiger charge is -1.99. The Bertz CT molecular complexity index is 90.9. The van der Waals surface area contributed by atoms with E-state index in [1.54, 1.807) is 0 Å². The van der Waals surface area contributed by atoms with E-state index in [2.05, 4.69) is 0 Å². The zero-order valence-corrected chi connectivity index (χ0v) is 6.30. The Morgan fingerprint density at radius 2 is 2.20 bits per heavy atom. The molecule has 10 heavy (non-hydrogen) atoms. The van der Waals surface area contributed by atoms with Crippen molar-refractivity contribution in [3.63, 3.8) is 0 Å². The van der Waals surface area contributed by atoms with Gasteiger partial charge >= 0.3 is 0 Å². The Hall–Kier alpha value is -0.410. The molecule has 0 bridgehead atoms. The van der Waals surface area contributed by atoms with E-state index >= 15 is 0 Å². The minimum absolute atomic E-state index is 0.143. The predicted octanol–water partition coefficient (Wildman–Crippen LogP) is 0.364. The minimum atomic E-state index is 0.143. The number of aliphatic hydroxyl groups is 1. The largest absolute Gasteiger partial charge is 0.396 e. The predicted molar refractivity (Wildman–Crippen MR) is 37.8 cm³/mol. The summed E-state index contributed by atoms with van der Waals surface area (Å²) in [6.07, 6.45) is 1.13. The van der Waals surface area contributed by atoms with Crippen LogP contribution < -0.4 is 0 Å². The summed E-state index contributed by atoms with van der Waals surface area (Å²) in [5.41, 5.74) is 0. The van der Waals surface area contributed by atoms with Gasteiger partial charge in [0.2, 0.25) is 0 Å². The zero-order chi connectivity index (χ0) is 7.82. The first-order valence-corrected chi connectivity index (χ1v) is 3.45. The van der Waals surface area contributed by atoms with Gasteiger partial charge in [-0.3, -0.25) is 4.79 Å². The lowest BCUT2D eigenvalue weighted by molar-refractivity contribution is -0.118. The van der Waals surface area contributed by atoms with Gasteiger partial charge in [0.05, 0.1) is 6.61 Å². The van der Waals surface area contributed by atoms with Gasteiger partial charge in [0.1, 0.15) is 5.78 Å². The van der Waals surface area contributed by atoms with Crippen LogP contribution in [0.3, 0.4) is 0 Å². The van der Waals surface area contributed by atoms with Gasteiger partial charge in [-0.05, 0) is 13.3 Å². The highest BCUT2D eigenvalue weighted by Crippen LogP contribution is 1.85. The van der Waals surface area contributed by atoms with Gasteiger partial charge in [0.15, 0.2) is 0 Å². The molecule has 0 aliphatic heterocycles. The average molecular weight is 146 g/mol. The molecule has 3 nitrogen and oxygen atoms in total. The van der Waals surface area contributed by atoms with Crippen LogP contribution in [0.15, 0.2) is 0 Å². The maximum Gasteiger partial charge on any atom is 0.132 e. The number of ketones is 1. The highest BCUT2D eigenvalue weighted by atomic mass is 16.5. The van der Waals surface area contributed by atoms with Crippen LogP contribution in [0, 0.1) is 0 Å². The van der Waals surface area contributed by atoms with E-state index in [0.29, 0.717) is 26.1 Å². The fraction of sp³-hybridized carbons (Fsp3) is 0.857. The normalized spacial score (nSPS) is 9.80. The van der Waals surface area contributed by atoms with E-state index < -0.39 is 0 Å². The summed E-state index contributed by atoms with van der Waals surface area (Å²) < 4.78 is 5.00. The van der Waals surface area contributed by atoms with E-state index in [4.69, 9.17) is 9.84 Å². The summed E-state index contributed by atoms with van der Waals surface area (Å²) in [5.74, 6) is 0.143. The molecule has 0 saturated carbocycles. The standard InChI is InChI=1S/C7H14O3/c1-7(9)3-6-10-5-2-4-8/h8H,2-6H2,1H3. The van der Waals surface area contributed by atoms with Crippen LogP contribution in [0.1, 0.15) is 19.8 Å². The molecule has 1 N–H and O–H groups in total. The topological polar surface area (TPSA) is 46.5 Å². The molecule has 0 aromatic rings. The Morgan fingerprint density at radius 1 is 1.50 bits per heavy atom. The van der Waals surface area contributed by atoms with Gasteiger partial charge in [-0.1, -0.05) is 0 Å². The molecular formula is C7H14O3. The smallest absolute Gasteiger partial charge is 0.132 e. The van der Waals surface area contributed by atoms with Crippen LogP contribution in [0.2, 0.25) is 0 Å². The molecule has 0 aliphatic rings. The van der Waals surface area contributed by atoms with Crippen molar-refractivity contribution in [1.29, 1.82) is 0 Å². The van der Waals surface area contributed by atoms with Crippen LogP contribution in [0.25, 0.3) is 0 Å². The number of hydrogen-bond acceptors (Lipinski definition) is 3. The molecule has 0 amide bonds. The van der Waals surface area contributed by atoms with Crippen LogP contribution in [0.4, 0.5) is 0 Å². The molecule has 0 rings (SSSR count). The van der Waals surface area contributed by atoms with Crippen LogP contribution in [-0.4, -0.2) is 30.7 Å². The number of carbonyl (C=O) groups is 1. The van der Waals surface area contributed by atoms with E-state index in [0.717, 1.165) is 0 Å². The monoisotopic (exact) mass is 146 g/mol. The van der Waals surface area contributed by atoms with Gasteiger partial charge in [-0.2, -0.15) is 0 Å². The summed E-state index contributed by atoms with van der Waals surface area (Å²) in [6.45, 7) is 2.72. The van der Waals surface area contributed by atoms with Crippen molar-refractivity contribution in [3.05, 3.63) is 0 Å². The van der Waals surface area contributed by atoms with Crippen LogP contribution in [0.5, 0.6) is 0 Å². The molecule has 60 valence electrons. The van der Waals surface area contributed by atoms with Gasteiger partial charge < -0.3 is 9.84 Å². The summed E-state index contributed by atoms with van der Waals surface area (Å²) in [6, 6.07) is 0. The fourth-order valence-corrected chi connectivity index (χ4v) is 0.485. The Balaban J connectivity index is 2.84. The third-order valence-corrected chi connectivity index (χ3v) is 1.05. The van der Waals surface area contributed by atoms with Crippen molar-refractivity contribution >= 4 is 5.78 Å². The summed E-state index contributed by atoms with van der Waals surface area (Å²) in [5, 5.41) is 8.33. The lowest BCUT2D eigenvalue weighted by atomic mass is 10.3. The number of ether oxygens (including phenoxy) is 1. The maximum absolute atomic E-state index is 10.3. The molecule has 0 radical (unpaired) electrons. The number of hydrogen-bond donors (Lipinski definition) is 1. The zero-order valence-electron chi connectivity index (χ0n) is 6.30. The highest BCUT2D eigenvalue weighted by Gasteiger charge is 1.91.